The number of nitrogens with two attached hydrogens (primary N) is 1. The van der Waals surface area contributed by atoms with Gasteiger partial charge in [0.25, 0.3) is 0 Å². The fourth-order valence-corrected chi connectivity index (χ4v) is 3.13. The summed E-state index contributed by atoms with van der Waals surface area (Å²) < 4.78 is 0.887. The number of nitrogens with one attached hydrogen (secondary N) is 1. The van der Waals surface area contributed by atoms with Crippen molar-refractivity contribution in [3.63, 3.8) is 0 Å². The summed E-state index contributed by atoms with van der Waals surface area (Å²) in [5.41, 5.74) is 6.07. The number of benzene rings is 1. The van der Waals surface area contributed by atoms with Crippen LogP contribution >= 0.6 is 27.5 Å². The third-order valence-electron chi connectivity index (χ3n) is 3.86. The molecule has 0 aromatic heterocycles. The molecular weight excluding hydrogens is 328 g/mol. The van der Waals surface area contributed by atoms with Gasteiger partial charge in [0.15, 0.2) is 0 Å². The lowest BCUT2D eigenvalue weighted by Gasteiger charge is -2.34. The lowest BCUT2D eigenvalue weighted by molar-refractivity contribution is -0.126. The maximum absolute atomic E-state index is 12.5. The van der Waals surface area contributed by atoms with Gasteiger partial charge in [-0.25, -0.2) is 0 Å². The van der Waals surface area contributed by atoms with E-state index in [1.807, 2.05) is 12.1 Å². The minimum atomic E-state index is -0.427. The fourth-order valence-electron chi connectivity index (χ4n) is 2.60. The van der Waals surface area contributed by atoms with E-state index in [-0.39, 0.29) is 5.91 Å². The van der Waals surface area contributed by atoms with Gasteiger partial charge in [-0.05, 0) is 31.0 Å². The summed E-state index contributed by atoms with van der Waals surface area (Å²) in [7, 11) is 0. The largest absolute Gasteiger partial charge is 0.329 e. The summed E-state index contributed by atoms with van der Waals surface area (Å²) in [5, 5.41) is 3.47. The Hall–Kier alpha value is -0.580. The van der Waals surface area contributed by atoms with Gasteiger partial charge < -0.3 is 11.1 Å². The van der Waals surface area contributed by atoms with Crippen LogP contribution in [0, 0.1) is 5.41 Å². The molecule has 1 amide bonds. The molecular formula is C14H18BrClN2O. The predicted octanol–water partition coefficient (Wildman–Crippen LogP) is 3.95. The molecule has 1 aromatic rings. The quantitative estimate of drug-likeness (QED) is 0.871. The summed E-state index contributed by atoms with van der Waals surface area (Å²) in [5.74, 6) is -0.00491. The van der Waals surface area contributed by atoms with Gasteiger partial charge >= 0.3 is 0 Å². The zero-order valence-corrected chi connectivity index (χ0v) is 13.1. The average Bonchev–Trinajstić information content (AvgIpc) is 2.43. The second-order valence-corrected chi connectivity index (χ2v) is 6.45. The average molecular weight is 346 g/mol. The SMILES string of the molecule is NCC1(C(=O)Nc2cc(Br)ccc2Cl)CCCCC1. The zero-order chi connectivity index (χ0) is 13.9. The number of anilines is 1. The Morgan fingerprint density at radius 1 is 1.37 bits per heavy atom. The molecule has 5 heteroatoms. The molecule has 0 radical (unpaired) electrons. The molecule has 0 unspecified atom stereocenters. The first kappa shape index (κ1) is 14.8. The number of amides is 1. The molecule has 0 heterocycles. The van der Waals surface area contributed by atoms with Crippen LogP contribution in [0.25, 0.3) is 0 Å². The van der Waals surface area contributed by atoms with Crippen LogP contribution in [0.2, 0.25) is 5.02 Å². The predicted molar refractivity (Wildman–Crippen MR) is 82.4 cm³/mol. The van der Waals surface area contributed by atoms with E-state index >= 15 is 0 Å². The molecule has 1 aliphatic rings. The van der Waals surface area contributed by atoms with E-state index < -0.39 is 5.41 Å². The van der Waals surface area contributed by atoms with Gasteiger partial charge in [0.1, 0.15) is 0 Å². The Labute approximate surface area is 127 Å². The van der Waals surface area contributed by atoms with Gasteiger partial charge in [-0.3, -0.25) is 4.79 Å². The van der Waals surface area contributed by atoms with E-state index in [4.69, 9.17) is 17.3 Å². The summed E-state index contributed by atoms with van der Waals surface area (Å²) in [6, 6.07) is 5.42. The molecule has 0 saturated heterocycles. The van der Waals surface area contributed by atoms with Crippen molar-refractivity contribution in [2.24, 2.45) is 11.1 Å². The van der Waals surface area contributed by atoms with E-state index in [9.17, 15) is 4.79 Å². The molecule has 19 heavy (non-hydrogen) atoms. The monoisotopic (exact) mass is 344 g/mol. The molecule has 1 aliphatic carbocycles. The molecule has 1 saturated carbocycles. The van der Waals surface area contributed by atoms with E-state index in [2.05, 4.69) is 21.2 Å². The van der Waals surface area contributed by atoms with Crippen LogP contribution in [-0.2, 0) is 4.79 Å². The standard InChI is InChI=1S/C14H18BrClN2O/c15-10-4-5-11(16)12(8-10)18-13(19)14(9-17)6-2-1-3-7-14/h4-5,8H,1-3,6-7,9,17H2,(H,18,19). The van der Waals surface area contributed by atoms with Crippen molar-refractivity contribution >= 4 is 39.1 Å². The second kappa shape index (κ2) is 6.25. The van der Waals surface area contributed by atoms with Crippen molar-refractivity contribution < 1.29 is 4.79 Å². The molecule has 1 aromatic carbocycles. The number of halogens is 2. The maximum atomic E-state index is 12.5. The molecule has 104 valence electrons. The number of carbonyl (C=O) groups is 1. The Morgan fingerprint density at radius 3 is 2.68 bits per heavy atom. The molecule has 2 rings (SSSR count). The van der Waals surface area contributed by atoms with Crippen LogP contribution in [0.3, 0.4) is 0 Å². The fraction of sp³-hybridized carbons (Fsp3) is 0.500. The summed E-state index contributed by atoms with van der Waals surface area (Å²) in [4.78, 5) is 12.5. The van der Waals surface area contributed by atoms with Crippen LogP contribution in [0.1, 0.15) is 32.1 Å². The van der Waals surface area contributed by atoms with Gasteiger partial charge in [0.2, 0.25) is 5.91 Å². The lowest BCUT2D eigenvalue weighted by atomic mass is 9.73. The third-order valence-corrected chi connectivity index (χ3v) is 4.68. The number of rotatable bonds is 3. The van der Waals surface area contributed by atoms with Crippen LogP contribution in [0.4, 0.5) is 5.69 Å². The third kappa shape index (κ3) is 3.30. The van der Waals surface area contributed by atoms with Gasteiger partial charge in [0.05, 0.1) is 16.1 Å². The van der Waals surface area contributed by atoms with Crippen LogP contribution in [0.15, 0.2) is 22.7 Å². The highest BCUT2D eigenvalue weighted by Crippen LogP contribution is 2.37. The van der Waals surface area contributed by atoms with E-state index in [0.29, 0.717) is 17.3 Å². The topological polar surface area (TPSA) is 55.1 Å². The van der Waals surface area contributed by atoms with Gasteiger partial charge in [-0.1, -0.05) is 46.8 Å². The zero-order valence-electron chi connectivity index (χ0n) is 10.7. The van der Waals surface area contributed by atoms with Crippen molar-refractivity contribution in [3.05, 3.63) is 27.7 Å². The first-order chi connectivity index (χ1) is 9.07. The first-order valence-electron chi connectivity index (χ1n) is 6.54. The van der Waals surface area contributed by atoms with Crippen molar-refractivity contribution in [1.82, 2.24) is 0 Å². The van der Waals surface area contributed by atoms with E-state index in [1.54, 1.807) is 6.07 Å². The van der Waals surface area contributed by atoms with Crippen LogP contribution in [0.5, 0.6) is 0 Å². The highest BCUT2D eigenvalue weighted by molar-refractivity contribution is 9.10. The summed E-state index contributed by atoms with van der Waals surface area (Å²) >= 11 is 9.48. The van der Waals surface area contributed by atoms with Crippen molar-refractivity contribution in [3.8, 4) is 0 Å². The molecule has 0 aliphatic heterocycles. The van der Waals surface area contributed by atoms with E-state index in [1.165, 1.54) is 6.42 Å². The number of hydrogen-bond donors (Lipinski definition) is 2. The minimum Gasteiger partial charge on any atom is -0.329 e. The normalized spacial score (nSPS) is 18.1. The van der Waals surface area contributed by atoms with Gasteiger partial charge in [0, 0.05) is 11.0 Å². The Bertz CT molecular complexity index is 473. The summed E-state index contributed by atoms with van der Waals surface area (Å²) in [6.45, 7) is 0.393. The van der Waals surface area contributed by atoms with Gasteiger partial charge in [-0.15, -0.1) is 0 Å². The molecule has 3 N–H and O–H groups in total. The highest BCUT2D eigenvalue weighted by Gasteiger charge is 2.38. The molecule has 0 spiro atoms. The Morgan fingerprint density at radius 2 is 2.05 bits per heavy atom. The smallest absolute Gasteiger partial charge is 0.231 e. The van der Waals surface area contributed by atoms with Crippen molar-refractivity contribution in [2.45, 2.75) is 32.1 Å². The lowest BCUT2D eigenvalue weighted by Crippen LogP contribution is -2.43. The van der Waals surface area contributed by atoms with Crippen molar-refractivity contribution in [1.29, 1.82) is 0 Å². The first-order valence-corrected chi connectivity index (χ1v) is 7.71. The summed E-state index contributed by atoms with van der Waals surface area (Å²) in [6.07, 6.45) is 5.04. The number of carbonyl (C=O) groups excluding carboxylic acids is 1. The maximum Gasteiger partial charge on any atom is 0.231 e. The van der Waals surface area contributed by atoms with Crippen LogP contribution < -0.4 is 11.1 Å². The molecule has 0 atom stereocenters. The van der Waals surface area contributed by atoms with E-state index in [0.717, 1.165) is 30.2 Å². The highest BCUT2D eigenvalue weighted by atomic mass is 79.9. The van der Waals surface area contributed by atoms with Gasteiger partial charge in [-0.2, -0.15) is 0 Å². The molecule has 1 fully saturated rings. The number of hydrogen-bond acceptors (Lipinski definition) is 2. The molecule has 3 nitrogen and oxygen atoms in total. The molecule has 0 bridgehead atoms. The Kier molecular flexibility index (Phi) is 4.87. The minimum absolute atomic E-state index is 0.00491. The van der Waals surface area contributed by atoms with Crippen molar-refractivity contribution in [2.75, 3.05) is 11.9 Å². The van der Waals surface area contributed by atoms with Crippen LogP contribution in [-0.4, -0.2) is 12.5 Å². The Balaban J connectivity index is 2.17. The second-order valence-electron chi connectivity index (χ2n) is 5.12.